The Morgan fingerprint density at radius 1 is 1.30 bits per heavy atom. The van der Waals surface area contributed by atoms with Crippen LogP contribution in [0.15, 0.2) is 43.0 Å². The lowest BCUT2D eigenvalue weighted by Crippen LogP contribution is -2.59. The van der Waals surface area contributed by atoms with Crippen LogP contribution < -0.4 is 5.32 Å². The number of nitrogens with zero attached hydrogens (tertiary/aromatic N) is 1. The van der Waals surface area contributed by atoms with Crippen molar-refractivity contribution in [3.05, 3.63) is 48.6 Å². The average molecular weight is 272 g/mol. The standard InChI is InChI=1S/C16H20N2O2/c1-3-8-13-15(19)17-14(12-9-6-5-7-10-12)16(20)18(13)11-4-2/h4-7,9-10,13-14H,2-3,8,11H2,1H3,(H,17,19). The van der Waals surface area contributed by atoms with Gasteiger partial charge in [-0.1, -0.05) is 49.8 Å². The van der Waals surface area contributed by atoms with Crippen molar-refractivity contribution in [2.24, 2.45) is 0 Å². The van der Waals surface area contributed by atoms with Crippen molar-refractivity contribution < 1.29 is 9.59 Å². The highest BCUT2D eigenvalue weighted by Crippen LogP contribution is 2.23. The quantitative estimate of drug-likeness (QED) is 0.834. The van der Waals surface area contributed by atoms with Crippen molar-refractivity contribution in [2.45, 2.75) is 31.8 Å². The van der Waals surface area contributed by atoms with Crippen LogP contribution >= 0.6 is 0 Å². The minimum Gasteiger partial charge on any atom is -0.339 e. The summed E-state index contributed by atoms with van der Waals surface area (Å²) < 4.78 is 0. The molecule has 1 N–H and O–H groups in total. The average Bonchev–Trinajstić information content (AvgIpc) is 2.47. The Bertz CT molecular complexity index is 498. The van der Waals surface area contributed by atoms with Gasteiger partial charge in [-0.2, -0.15) is 0 Å². The van der Waals surface area contributed by atoms with Gasteiger partial charge in [-0.3, -0.25) is 9.59 Å². The van der Waals surface area contributed by atoms with Crippen molar-refractivity contribution in [1.29, 1.82) is 0 Å². The van der Waals surface area contributed by atoms with E-state index in [1.807, 2.05) is 37.3 Å². The topological polar surface area (TPSA) is 49.4 Å². The molecular weight excluding hydrogens is 252 g/mol. The van der Waals surface area contributed by atoms with Crippen LogP contribution in [0, 0.1) is 0 Å². The summed E-state index contributed by atoms with van der Waals surface area (Å²) in [7, 11) is 0. The number of hydrogen-bond donors (Lipinski definition) is 1. The first kappa shape index (κ1) is 14.3. The lowest BCUT2D eigenvalue weighted by Gasteiger charge is -2.38. The van der Waals surface area contributed by atoms with Gasteiger partial charge in [0.2, 0.25) is 5.91 Å². The fourth-order valence-corrected chi connectivity index (χ4v) is 2.55. The first-order chi connectivity index (χ1) is 9.69. The van der Waals surface area contributed by atoms with E-state index in [-0.39, 0.29) is 17.9 Å². The lowest BCUT2D eigenvalue weighted by atomic mass is 9.98. The highest BCUT2D eigenvalue weighted by molar-refractivity contribution is 5.97. The molecule has 0 saturated carbocycles. The van der Waals surface area contributed by atoms with Crippen LogP contribution in [-0.2, 0) is 9.59 Å². The van der Waals surface area contributed by atoms with Crippen LogP contribution in [0.5, 0.6) is 0 Å². The number of carbonyl (C=O) groups is 2. The molecule has 2 amide bonds. The number of amides is 2. The van der Waals surface area contributed by atoms with Crippen LogP contribution in [0.4, 0.5) is 0 Å². The number of rotatable bonds is 5. The first-order valence-corrected chi connectivity index (χ1v) is 6.95. The van der Waals surface area contributed by atoms with E-state index in [0.29, 0.717) is 13.0 Å². The second-order valence-corrected chi connectivity index (χ2v) is 4.94. The van der Waals surface area contributed by atoms with Crippen molar-refractivity contribution in [3.8, 4) is 0 Å². The van der Waals surface area contributed by atoms with Crippen molar-refractivity contribution in [1.82, 2.24) is 10.2 Å². The van der Waals surface area contributed by atoms with Gasteiger partial charge in [-0.25, -0.2) is 0 Å². The summed E-state index contributed by atoms with van der Waals surface area (Å²) in [5.74, 6) is -0.142. The predicted octanol–water partition coefficient (Wildman–Crippen LogP) is 2.04. The summed E-state index contributed by atoms with van der Waals surface area (Å²) in [5, 5.41) is 2.84. The molecule has 4 nitrogen and oxygen atoms in total. The predicted molar refractivity (Wildman–Crippen MR) is 77.9 cm³/mol. The van der Waals surface area contributed by atoms with Gasteiger partial charge in [-0.15, -0.1) is 6.58 Å². The van der Waals surface area contributed by atoms with Gasteiger partial charge in [0, 0.05) is 6.54 Å². The van der Waals surface area contributed by atoms with Crippen molar-refractivity contribution in [2.75, 3.05) is 6.54 Å². The summed E-state index contributed by atoms with van der Waals surface area (Å²) in [4.78, 5) is 26.5. The zero-order chi connectivity index (χ0) is 14.5. The maximum absolute atomic E-state index is 12.6. The summed E-state index contributed by atoms with van der Waals surface area (Å²) in [6, 6.07) is 8.36. The number of nitrogens with one attached hydrogen (secondary N) is 1. The van der Waals surface area contributed by atoms with Crippen LogP contribution in [0.2, 0.25) is 0 Å². The highest BCUT2D eigenvalue weighted by Gasteiger charge is 2.39. The third-order valence-corrected chi connectivity index (χ3v) is 3.52. The Hall–Kier alpha value is -2.10. The molecule has 1 aromatic carbocycles. The molecule has 0 aromatic heterocycles. The smallest absolute Gasteiger partial charge is 0.250 e. The van der Waals surface area contributed by atoms with E-state index in [9.17, 15) is 9.59 Å². The normalized spacial score (nSPS) is 22.6. The molecule has 1 heterocycles. The summed E-state index contributed by atoms with van der Waals surface area (Å²) >= 11 is 0. The molecule has 2 atom stereocenters. The fourth-order valence-electron chi connectivity index (χ4n) is 2.55. The molecule has 0 radical (unpaired) electrons. The van der Waals surface area contributed by atoms with Gasteiger partial charge in [-0.05, 0) is 12.0 Å². The van der Waals surface area contributed by atoms with Crippen LogP contribution in [0.1, 0.15) is 31.4 Å². The van der Waals surface area contributed by atoms with E-state index < -0.39 is 6.04 Å². The zero-order valence-corrected chi connectivity index (χ0v) is 11.7. The molecular formula is C16H20N2O2. The van der Waals surface area contributed by atoms with E-state index in [0.717, 1.165) is 12.0 Å². The molecule has 1 saturated heterocycles. The molecule has 1 aliphatic rings. The molecule has 2 rings (SSSR count). The molecule has 4 heteroatoms. The number of carbonyl (C=O) groups excluding carboxylic acids is 2. The van der Waals surface area contributed by atoms with E-state index >= 15 is 0 Å². The molecule has 1 fully saturated rings. The van der Waals surface area contributed by atoms with Gasteiger partial charge < -0.3 is 10.2 Å². The molecule has 1 aliphatic heterocycles. The molecule has 20 heavy (non-hydrogen) atoms. The third kappa shape index (κ3) is 2.74. The SMILES string of the molecule is C=CCN1C(=O)C(c2ccccc2)NC(=O)C1CCC. The van der Waals surface area contributed by atoms with E-state index in [1.165, 1.54) is 0 Å². The Kier molecular flexibility index (Phi) is 4.56. The molecule has 0 bridgehead atoms. The summed E-state index contributed by atoms with van der Waals surface area (Å²) in [5.41, 5.74) is 0.815. The number of piperazine rings is 1. The van der Waals surface area contributed by atoms with Gasteiger partial charge in [0.15, 0.2) is 0 Å². The van der Waals surface area contributed by atoms with Gasteiger partial charge in [0.25, 0.3) is 5.91 Å². The Morgan fingerprint density at radius 2 is 2.00 bits per heavy atom. The maximum atomic E-state index is 12.6. The number of hydrogen-bond acceptors (Lipinski definition) is 2. The fraction of sp³-hybridized carbons (Fsp3) is 0.375. The summed E-state index contributed by atoms with van der Waals surface area (Å²) in [6.45, 7) is 6.09. The molecule has 0 aliphatic carbocycles. The van der Waals surface area contributed by atoms with Crippen LogP contribution in [0.25, 0.3) is 0 Å². The lowest BCUT2D eigenvalue weighted by molar-refractivity contribution is -0.149. The van der Waals surface area contributed by atoms with Gasteiger partial charge in [0.1, 0.15) is 12.1 Å². The largest absolute Gasteiger partial charge is 0.339 e. The van der Waals surface area contributed by atoms with E-state index in [4.69, 9.17) is 0 Å². The molecule has 1 aromatic rings. The molecule has 0 spiro atoms. The number of benzene rings is 1. The summed E-state index contributed by atoms with van der Waals surface area (Å²) in [6.07, 6.45) is 3.20. The minimum absolute atomic E-state index is 0.0610. The highest BCUT2D eigenvalue weighted by atomic mass is 16.2. The van der Waals surface area contributed by atoms with Crippen molar-refractivity contribution in [3.63, 3.8) is 0 Å². The Labute approximate surface area is 119 Å². The van der Waals surface area contributed by atoms with E-state index in [2.05, 4.69) is 11.9 Å². The van der Waals surface area contributed by atoms with Crippen molar-refractivity contribution >= 4 is 11.8 Å². The zero-order valence-electron chi connectivity index (χ0n) is 11.7. The maximum Gasteiger partial charge on any atom is 0.250 e. The van der Waals surface area contributed by atoms with Gasteiger partial charge in [0.05, 0.1) is 0 Å². The van der Waals surface area contributed by atoms with Crippen LogP contribution in [0.3, 0.4) is 0 Å². The Morgan fingerprint density at radius 3 is 2.60 bits per heavy atom. The second-order valence-electron chi connectivity index (χ2n) is 4.94. The monoisotopic (exact) mass is 272 g/mol. The van der Waals surface area contributed by atoms with Crippen LogP contribution in [-0.4, -0.2) is 29.3 Å². The first-order valence-electron chi connectivity index (χ1n) is 6.95. The third-order valence-electron chi connectivity index (χ3n) is 3.52. The minimum atomic E-state index is -0.586. The molecule has 106 valence electrons. The molecule has 2 unspecified atom stereocenters. The van der Waals surface area contributed by atoms with E-state index in [1.54, 1.807) is 11.0 Å². The Balaban J connectivity index is 2.28. The second kappa shape index (κ2) is 6.37. The van der Waals surface area contributed by atoms with Gasteiger partial charge >= 0.3 is 0 Å².